The third-order valence-electron chi connectivity index (χ3n) is 4.47. The monoisotopic (exact) mass is 307 g/mol. The van der Waals surface area contributed by atoms with Gasteiger partial charge < -0.3 is 5.73 Å². The highest BCUT2D eigenvalue weighted by atomic mass is 14.6. The maximum atomic E-state index is 6.03. The molecule has 2 rings (SSSR count). The number of anilines is 1. The van der Waals surface area contributed by atoms with Gasteiger partial charge in [-0.1, -0.05) is 80.4 Å². The zero-order valence-corrected chi connectivity index (χ0v) is 14.3. The maximum Gasteiger partial charge on any atom is 0.0349 e. The number of nitrogen functional groups attached to an aromatic ring is 1. The van der Waals surface area contributed by atoms with E-state index >= 15 is 0 Å². The second-order valence-corrected chi connectivity index (χ2v) is 6.51. The molecule has 0 aliphatic heterocycles. The molecule has 0 fully saturated rings. The second-order valence-electron chi connectivity index (χ2n) is 6.51. The summed E-state index contributed by atoms with van der Waals surface area (Å²) in [5, 5.41) is 0. The fourth-order valence-corrected chi connectivity index (χ4v) is 3.17. The summed E-state index contributed by atoms with van der Waals surface area (Å²) in [5.74, 6) is 0.743. The Kier molecular flexibility index (Phi) is 6.93. The topological polar surface area (TPSA) is 26.0 Å². The van der Waals surface area contributed by atoms with Crippen LogP contribution < -0.4 is 5.73 Å². The summed E-state index contributed by atoms with van der Waals surface area (Å²) >= 11 is 0. The molecule has 122 valence electrons. The van der Waals surface area contributed by atoms with Crippen LogP contribution in [0.25, 0.3) is 0 Å². The van der Waals surface area contributed by atoms with E-state index in [1.54, 1.807) is 0 Å². The first-order valence-electron chi connectivity index (χ1n) is 8.73. The predicted molar refractivity (Wildman–Crippen MR) is 101 cm³/mol. The fourth-order valence-electron chi connectivity index (χ4n) is 3.17. The number of nitrogens with two attached hydrogens (primary N) is 1. The van der Waals surface area contributed by atoms with Crippen LogP contribution in [0.4, 0.5) is 5.69 Å². The van der Waals surface area contributed by atoms with Gasteiger partial charge in [0.1, 0.15) is 0 Å². The lowest BCUT2D eigenvalue weighted by molar-refractivity contribution is 0.441. The third kappa shape index (κ3) is 5.94. The predicted octanol–water partition coefficient (Wildman–Crippen LogP) is 5.81. The van der Waals surface area contributed by atoms with E-state index in [0.29, 0.717) is 0 Å². The largest absolute Gasteiger partial charge is 0.398 e. The van der Waals surface area contributed by atoms with E-state index in [1.165, 1.54) is 42.4 Å². The van der Waals surface area contributed by atoms with Gasteiger partial charge in [0.05, 0.1) is 0 Å². The van der Waals surface area contributed by atoms with E-state index in [9.17, 15) is 0 Å². The standard InChI is InChI=1S/C22H29N/c1-3-9-19(17-20-10-5-4-6-11-20)15-14-18(2)16-21-12-7-8-13-22(21)23/h4-8,10-13,19H,2-3,9,14-17,23H2,1H3. The van der Waals surface area contributed by atoms with Gasteiger partial charge in [-0.15, -0.1) is 0 Å². The summed E-state index contributed by atoms with van der Waals surface area (Å²) < 4.78 is 0. The first kappa shape index (κ1) is 17.3. The Morgan fingerprint density at radius 2 is 1.70 bits per heavy atom. The highest BCUT2D eigenvalue weighted by molar-refractivity contribution is 5.47. The van der Waals surface area contributed by atoms with Crippen molar-refractivity contribution >= 4 is 5.69 Å². The molecule has 0 aromatic heterocycles. The molecule has 0 spiro atoms. The van der Waals surface area contributed by atoms with Crippen molar-refractivity contribution in [3.8, 4) is 0 Å². The van der Waals surface area contributed by atoms with Crippen LogP contribution in [-0.2, 0) is 12.8 Å². The lowest BCUT2D eigenvalue weighted by Crippen LogP contribution is -2.06. The lowest BCUT2D eigenvalue weighted by Gasteiger charge is -2.17. The van der Waals surface area contributed by atoms with Crippen molar-refractivity contribution < 1.29 is 0 Å². The van der Waals surface area contributed by atoms with Gasteiger partial charge in [-0.2, -0.15) is 0 Å². The van der Waals surface area contributed by atoms with Gasteiger partial charge in [-0.3, -0.25) is 0 Å². The van der Waals surface area contributed by atoms with Crippen LogP contribution in [0.15, 0.2) is 66.7 Å². The van der Waals surface area contributed by atoms with Gasteiger partial charge >= 0.3 is 0 Å². The Hall–Kier alpha value is -2.02. The normalized spacial score (nSPS) is 12.0. The van der Waals surface area contributed by atoms with E-state index in [0.717, 1.165) is 24.4 Å². The summed E-state index contributed by atoms with van der Waals surface area (Å²) in [5.41, 5.74) is 10.8. The smallest absolute Gasteiger partial charge is 0.0349 e. The van der Waals surface area contributed by atoms with Gasteiger partial charge in [-0.05, 0) is 48.8 Å². The molecule has 0 saturated heterocycles. The summed E-state index contributed by atoms with van der Waals surface area (Å²) in [4.78, 5) is 0. The van der Waals surface area contributed by atoms with Crippen molar-refractivity contribution in [1.82, 2.24) is 0 Å². The van der Waals surface area contributed by atoms with Gasteiger partial charge in [0.15, 0.2) is 0 Å². The third-order valence-corrected chi connectivity index (χ3v) is 4.47. The number of hydrogen-bond acceptors (Lipinski definition) is 1. The number of hydrogen-bond donors (Lipinski definition) is 1. The van der Waals surface area contributed by atoms with Crippen molar-refractivity contribution in [3.63, 3.8) is 0 Å². The molecule has 1 atom stereocenters. The molecule has 0 aliphatic carbocycles. The summed E-state index contributed by atoms with van der Waals surface area (Å²) in [7, 11) is 0. The summed E-state index contributed by atoms with van der Waals surface area (Å²) in [6.07, 6.45) is 6.91. The molecule has 2 aromatic rings. The van der Waals surface area contributed by atoms with Crippen LogP contribution in [0.1, 0.15) is 43.7 Å². The first-order chi connectivity index (χ1) is 11.2. The summed E-state index contributed by atoms with van der Waals surface area (Å²) in [6.45, 7) is 6.55. The Bertz CT molecular complexity index is 600. The van der Waals surface area contributed by atoms with E-state index in [1.807, 2.05) is 18.2 Å². The Morgan fingerprint density at radius 3 is 2.39 bits per heavy atom. The molecule has 1 nitrogen and oxygen atoms in total. The lowest BCUT2D eigenvalue weighted by atomic mass is 9.88. The first-order valence-corrected chi connectivity index (χ1v) is 8.73. The van der Waals surface area contributed by atoms with Crippen LogP contribution in [0.2, 0.25) is 0 Å². The number of benzene rings is 2. The molecule has 1 unspecified atom stereocenters. The van der Waals surface area contributed by atoms with Crippen molar-refractivity contribution in [2.75, 3.05) is 5.73 Å². The molecular weight excluding hydrogens is 278 g/mol. The molecule has 1 heteroatoms. The van der Waals surface area contributed by atoms with Gasteiger partial charge in [0, 0.05) is 5.69 Å². The van der Waals surface area contributed by atoms with Crippen LogP contribution in [0.5, 0.6) is 0 Å². The molecule has 0 aliphatic rings. The quantitative estimate of drug-likeness (QED) is 0.459. The van der Waals surface area contributed by atoms with Crippen molar-refractivity contribution in [1.29, 1.82) is 0 Å². The maximum absolute atomic E-state index is 6.03. The van der Waals surface area contributed by atoms with Crippen molar-refractivity contribution in [2.45, 2.75) is 45.4 Å². The molecule has 0 bridgehead atoms. The molecule has 23 heavy (non-hydrogen) atoms. The number of allylic oxidation sites excluding steroid dienone is 1. The summed E-state index contributed by atoms with van der Waals surface area (Å²) in [6, 6.07) is 18.9. The van der Waals surface area contributed by atoms with E-state index in [4.69, 9.17) is 5.73 Å². The van der Waals surface area contributed by atoms with Crippen molar-refractivity contribution in [2.24, 2.45) is 5.92 Å². The highest BCUT2D eigenvalue weighted by Crippen LogP contribution is 2.23. The molecule has 2 N–H and O–H groups in total. The van der Waals surface area contributed by atoms with E-state index < -0.39 is 0 Å². The highest BCUT2D eigenvalue weighted by Gasteiger charge is 2.10. The Balaban J connectivity index is 1.85. The minimum absolute atomic E-state index is 0.743. The molecule has 0 radical (unpaired) electrons. The number of para-hydroxylation sites is 1. The molecular formula is C22H29N. The average molecular weight is 307 g/mol. The van der Waals surface area contributed by atoms with Gasteiger partial charge in [-0.25, -0.2) is 0 Å². The minimum Gasteiger partial charge on any atom is -0.398 e. The van der Waals surface area contributed by atoms with Crippen molar-refractivity contribution in [3.05, 3.63) is 77.9 Å². The Morgan fingerprint density at radius 1 is 1.00 bits per heavy atom. The van der Waals surface area contributed by atoms with E-state index in [-0.39, 0.29) is 0 Å². The molecule has 0 amide bonds. The van der Waals surface area contributed by atoms with Crippen LogP contribution in [0, 0.1) is 5.92 Å². The molecule has 2 aromatic carbocycles. The SMILES string of the molecule is C=C(CCC(CCC)Cc1ccccc1)Cc1ccccc1N. The minimum atomic E-state index is 0.743. The zero-order valence-electron chi connectivity index (χ0n) is 14.3. The number of rotatable bonds is 9. The molecule has 0 saturated carbocycles. The van der Waals surface area contributed by atoms with Gasteiger partial charge in [0.25, 0.3) is 0 Å². The van der Waals surface area contributed by atoms with Crippen LogP contribution in [0.3, 0.4) is 0 Å². The zero-order chi connectivity index (χ0) is 16.5. The van der Waals surface area contributed by atoms with Crippen LogP contribution in [-0.4, -0.2) is 0 Å². The van der Waals surface area contributed by atoms with E-state index in [2.05, 4.69) is 49.9 Å². The Labute approximate surface area is 141 Å². The average Bonchev–Trinajstić information content (AvgIpc) is 2.56. The fraction of sp³-hybridized carbons (Fsp3) is 0.364. The van der Waals surface area contributed by atoms with Gasteiger partial charge in [0.2, 0.25) is 0 Å². The molecule has 0 heterocycles. The second kappa shape index (κ2) is 9.19. The van der Waals surface area contributed by atoms with Crippen LogP contribution >= 0.6 is 0 Å².